The van der Waals surface area contributed by atoms with E-state index < -0.39 is 17.2 Å². The van der Waals surface area contributed by atoms with Crippen molar-refractivity contribution in [2.24, 2.45) is 5.92 Å². The van der Waals surface area contributed by atoms with Gasteiger partial charge in [0.1, 0.15) is 11.4 Å². The Morgan fingerprint density at radius 1 is 1.36 bits per heavy atom. The Kier molecular flexibility index (Phi) is 6.40. The average Bonchev–Trinajstić information content (AvgIpc) is 3.09. The molecule has 2 aromatic rings. The molecule has 0 amide bonds. The van der Waals surface area contributed by atoms with Gasteiger partial charge in [0, 0.05) is 30.3 Å². The maximum Gasteiger partial charge on any atom is 0.226 e. The molecule has 0 radical (unpaired) electrons. The van der Waals surface area contributed by atoms with Gasteiger partial charge in [0.15, 0.2) is 5.82 Å². The fourth-order valence-corrected chi connectivity index (χ4v) is 4.69. The molecule has 1 fully saturated rings. The van der Waals surface area contributed by atoms with Crippen LogP contribution in [0.2, 0.25) is 5.02 Å². The van der Waals surface area contributed by atoms with Gasteiger partial charge in [0.05, 0.1) is 16.8 Å². The second kappa shape index (κ2) is 8.55. The van der Waals surface area contributed by atoms with Gasteiger partial charge in [-0.25, -0.2) is 9.37 Å². The summed E-state index contributed by atoms with van der Waals surface area (Å²) in [5, 5.41) is 15.2. The van der Waals surface area contributed by atoms with Crippen molar-refractivity contribution in [2.45, 2.75) is 36.7 Å². The lowest BCUT2D eigenvalue weighted by Crippen LogP contribution is -2.23. The van der Waals surface area contributed by atoms with Gasteiger partial charge in [-0.3, -0.25) is 0 Å². The van der Waals surface area contributed by atoms with Gasteiger partial charge in [-0.15, -0.1) is 11.3 Å². The van der Waals surface area contributed by atoms with Crippen LogP contribution < -0.4 is 10.0 Å². The minimum absolute atomic E-state index is 0.00783. The van der Waals surface area contributed by atoms with Gasteiger partial charge in [0.2, 0.25) is 10.0 Å². The van der Waals surface area contributed by atoms with E-state index in [-0.39, 0.29) is 11.0 Å². The van der Waals surface area contributed by atoms with Gasteiger partial charge >= 0.3 is 0 Å². The molecule has 1 heterocycles. The third-order valence-electron chi connectivity index (χ3n) is 4.23. The van der Waals surface area contributed by atoms with E-state index in [2.05, 4.69) is 15.0 Å². The summed E-state index contributed by atoms with van der Waals surface area (Å²) < 4.78 is 29.3. The SMILES string of the molecule is [O-][S+](Nc1nccs1)c1cc(Cl)c(NCC2CCC(O)CC2)cc1F. The fraction of sp³-hybridized carbons (Fsp3) is 0.438. The Labute approximate surface area is 157 Å². The molecule has 0 bridgehead atoms. The predicted molar refractivity (Wildman–Crippen MR) is 100 cm³/mol. The first-order valence-corrected chi connectivity index (χ1v) is 10.4. The molecule has 1 saturated carbocycles. The van der Waals surface area contributed by atoms with Crippen molar-refractivity contribution in [3.05, 3.63) is 34.5 Å². The van der Waals surface area contributed by atoms with E-state index in [1.54, 1.807) is 11.6 Å². The van der Waals surface area contributed by atoms with E-state index in [4.69, 9.17) is 11.6 Å². The molecule has 1 unspecified atom stereocenters. The van der Waals surface area contributed by atoms with Crippen molar-refractivity contribution in [1.82, 2.24) is 4.98 Å². The molecular formula is C16H19ClFN3O2S2. The van der Waals surface area contributed by atoms with Crippen molar-refractivity contribution in [3.63, 3.8) is 0 Å². The summed E-state index contributed by atoms with van der Waals surface area (Å²) in [5.74, 6) is -0.156. The standard InChI is InChI=1S/C16H19ClFN3O2S2/c17-12-7-15(25(23)21-16-19-5-6-24-16)13(18)8-14(12)20-9-10-1-3-11(22)4-2-10/h5-8,10-11,20,22H,1-4,9H2,(H,19,21). The highest BCUT2D eigenvalue weighted by molar-refractivity contribution is 7.93. The van der Waals surface area contributed by atoms with Crippen LogP contribution in [0, 0.1) is 11.7 Å². The van der Waals surface area contributed by atoms with Crippen molar-refractivity contribution in [1.29, 1.82) is 0 Å². The summed E-state index contributed by atoms with van der Waals surface area (Å²) in [5.41, 5.74) is 0.486. The molecule has 0 aliphatic heterocycles. The molecule has 1 aromatic heterocycles. The van der Waals surface area contributed by atoms with Gasteiger partial charge in [-0.05, 0) is 31.6 Å². The van der Waals surface area contributed by atoms with Crippen LogP contribution in [0.4, 0.5) is 15.2 Å². The van der Waals surface area contributed by atoms with Crippen molar-refractivity contribution in [3.8, 4) is 0 Å². The molecular weight excluding hydrogens is 385 g/mol. The van der Waals surface area contributed by atoms with Crippen LogP contribution >= 0.6 is 22.9 Å². The molecule has 25 heavy (non-hydrogen) atoms. The Morgan fingerprint density at radius 2 is 2.12 bits per heavy atom. The number of aliphatic hydroxyl groups excluding tert-OH is 1. The third kappa shape index (κ3) is 4.98. The molecule has 1 aliphatic rings. The number of benzene rings is 1. The Morgan fingerprint density at radius 3 is 2.80 bits per heavy atom. The van der Waals surface area contributed by atoms with Crippen molar-refractivity contribution >= 4 is 45.1 Å². The third-order valence-corrected chi connectivity index (χ3v) is 6.45. The number of rotatable bonds is 6. The predicted octanol–water partition coefficient (Wildman–Crippen LogP) is 4.03. The first-order chi connectivity index (χ1) is 12.0. The van der Waals surface area contributed by atoms with Crippen LogP contribution in [0.25, 0.3) is 0 Å². The molecule has 3 N–H and O–H groups in total. The molecule has 3 rings (SSSR count). The Bertz CT molecular complexity index is 697. The maximum atomic E-state index is 14.3. The number of nitrogens with zero attached hydrogens (tertiary/aromatic N) is 1. The first kappa shape index (κ1) is 18.7. The normalized spacial score (nSPS) is 21.8. The smallest absolute Gasteiger partial charge is 0.226 e. The largest absolute Gasteiger partial charge is 0.588 e. The summed E-state index contributed by atoms with van der Waals surface area (Å²) in [7, 11) is 0. The van der Waals surface area contributed by atoms with Gasteiger partial charge in [0.25, 0.3) is 0 Å². The quantitative estimate of drug-likeness (QED) is 0.634. The zero-order valence-corrected chi connectivity index (χ0v) is 15.8. The minimum Gasteiger partial charge on any atom is -0.588 e. The molecule has 1 aromatic carbocycles. The summed E-state index contributed by atoms with van der Waals surface area (Å²) in [6.45, 7) is 0.672. The highest BCUT2D eigenvalue weighted by Gasteiger charge is 2.23. The summed E-state index contributed by atoms with van der Waals surface area (Å²) in [6.07, 6.45) is 4.85. The molecule has 1 aliphatic carbocycles. The number of aromatic nitrogens is 1. The number of nitrogens with one attached hydrogen (secondary N) is 2. The zero-order valence-electron chi connectivity index (χ0n) is 13.4. The molecule has 136 valence electrons. The van der Waals surface area contributed by atoms with E-state index >= 15 is 0 Å². The van der Waals surface area contributed by atoms with Crippen LogP contribution in [-0.4, -0.2) is 27.3 Å². The lowest BCUT2D eigenvalue weighted by Gasteiger charge is -2.26. The lowest BCUT2D eigenvalue weighted by atomic mass is 9.87. The monoisotopic (exact) mass is 403 g/mol. The minimum atomic E-state index is -1.77. The van der Waals surface area contributed by atoms with Crippen molar-refractivity contribution in [2.75, 3.05) is 16.6 Å². The highest BCUT2D eigenvalue weighted by atomic mass is 35.5. The van der Waals surface area contributed by atoms with E-state index in [0.29, 0.717) is 28.3 Å². The van der Waals surface area contributed by atoms with Gasteiger partial charge < -0.3 is 15.0 Å². The lowest BCUT2D eigenvalue weighted by molar-refractivity contribution is 0.111. The van der Waals surface area contributed by atoms with Crippen molar-refractivity contribution < 1.29 is 14.0 Å². The number of halogens is 2. The summed E-state index contributed by atoms with van der Waals surface area (Å²) >= 11 is 5.73. The second-order valence-electron chi connectivity index (χ2n) is 6.03. The summed E-state index contributed by atoms with van der Waals surface area (Å²) in [4.78, 5) is 3.96. The Balaban J connectivity index is 1.63. The first-order valence-electron chi connectivity index (χ1n) is 8.02. The Hall–Kier alpha value is -1.06. The molecule has 1 atom stereocenters. The number of hydrogen-bond donors (Lipinski definition) is 3. The summed E-state index contributed by atoms with van der Waals surface area (Å²) in [6, 6.07) is 2.65. The van der Waals surface area contributed by atoms with Crippen LogP contribution in [0.3, 0.4) is 0 Å². The molecule has 5 nitrogen and oxygen atoms in total. The number of thiazole rings is 1. The van der Waals surface area contributed by atoms with E-state index in [1.807, 2.05) is 0 Å². The number of anilines is 2. The van der Waals surface area contributed by atoms with Gasteiger partial charge in [-0.2, -0.15) is 4.72 Å². The van der Waals surface area contributed by atoms with Crippen LogP contribution in [0.15, 0.2) is 28.6 Å². The zero-order chi connectivity index (χ0) is 17.8. The maximum absolute atomic E-state index is 14.3. The van der Waals surface area contributed by atoms with E-state index in [9.17, 15) is 14.0 Å². The van der Waals surface area contributed by atoms with Crippen LogP contribution in [-0.2, 0) is 11.4 Å². The molecule has 0 spiro atoms. The van der Waals surface area contributed by atoms with E-state index in [0.717, 1.165) is 25.7 Å². The topological polar surface area (TPSA) is 80.2 Å². The average molecular weight is 404 g/mol. The van der Waals surface area contributed by atoms with Crippen LogP contribution in [0.1, 0.15) is 25.7 Å². The highest BCUT2D eigenvalue weighted by Crippen LogP contribution is 2.31. The van der Waals surface area contributed by atoms with E-state index in [1.165, 1.54) is 23.5 Å². The fourth-order valence-electron chi connectivity index (χ4n) is 2.82. The number of aliphatic hydroxyl groups is 1. The molecule has 0 saturated heterocycles. The number of hydrogen-bond acceptors (Lipinski definition) is 6. The van der Waals surface area contributed by atoms with Crippen LogP contribution in [0.5, 0.6) is 0 Å². The second-order valence-corrected chi connectivity index (χ2v) is 8.51. The van der Waals surface area contributed by atoms with Gasteiger partial charge in [-0.1, -0.05) is 11.6 Å². The molecule has 9 heteroatoms.